The topological polar surface area (TPSA) is 201 Å². The Labute approximate surface area is 236 Å². The van der Waals surface area contributed by atoms with E-state index >= 15 is 0 Å². The Morgan fingerprint density at radius 3 is 2.34 bits per heavy atom. The zero-order valence-corrected chi connectivity index (χ0v) is 22.4. The SMILES string of the molecule is NC(=O)CC(N)C(=O)NC(Cc1c[nH]c2ccccc12)C(=O)NC(Cc1ccccc1)C(=O)N1CCCC1C(=O)O. The zero-order valence-electron chi connectivity index (χ0n) is 22.4. The Morgan fingerprint density at radius 2 is 1.63 bits per heavy atom. The highest BCUT2D eigenvalue weighted by molar-refractivity contribution is 5.96. The fourth-order valence-corrected chi connectivity index (χ4v) is 5.13. The van der Waals surface area contributed by atoms with Crippen LogP contribution in [-0.2, 0) is 36.8 Å². The molecule has 1 aromatic heterocycles. The van der Waals surface area contributed by atoms with Crippen LogP contribution in [0.25, 0.3) is 10.9 Å². The first-order valence-electron chi connectivity index (χ1n) is 13.4. The largest absolute Gasteiger partial charge is 0.480 e. The number of hydrogen-bond donors (Lipinski definition) is 6. The molecule has 41 heavy (non-hydrogen) atoms. The van der Waals surface area contributed by atoms with Crippen molar-refractivity contribution in [3.05, 3.63) is 71.9 Å². The first-order chi connectivity index (χ1) is 19.6. The number of aromatic amines is 1. The molecular weight excluding hydrogens is 528 g/mol. The van der Waals surface area contributed by atoms with Gasteiger partial charge in [-0.05, 0) is 30.0 Å². The molecule has 0 spiro atoms. The minimum Gasteiger partial charge on any atom is -0.480 e. The molecule has 3 aromatic rings. The van der Waals surface area contributed by atoms with E-state index in [-0.39, 0.29) is 19.4 Å². The minimum absolute atomic E-state index is 0.0542. The first kappa shape index (κ1) is 29.3. The lowest BCUT2D eigenvalue weighted by molar-refractivity contribution is -0.149. The van der Waals surface area contributed by atoms with Gasteiger partial charge in [-0.1, -0.05) is 48.5 Å². The van der Waals surface area contributed by atoms with Crippen LogP contribution in [-0.4, -0.2) is 75.3 Å². The van der Waals surface area contributed by atoms with Crippen molar-refractivity contribution >= 4 is 40.5 Å². The molecule has 0 radical (unpaired) electrons. The molecule has 4 atom stereocenters. The van der Waals surface area contributed by atoms with Gasteiger partial charge in [-0.15, -0.1) is 0 Å². The number of aliphatic carboxylic acids is 1. The number of carboxylic acid groups (broad SMARTS) is 1. The fourth-order valence-electron chi connectivity index (χ4n) is 5.13. The number of carboxylic acids is 1. The lowest BCUT2D eigenvalue weighted by Crippen LogP contribution is -2.58. The molecule has 1 fully saturated rings. The average Bonchev–Trinajstić information content (AvgIpc) is 3.60. The van der Waals surface area contributed by atoms with Crippen LogP contribution in [0.2, 0.25) is 0 Å². The molecule has 4 rings (SSSR count). The van der Waals surface area contributed by atoms with Crippen molar-refractivity contribution < 1.29 is 29.1 Å². The van der Waals surface area contributed by atoms with Crippen molar-refractivity contribution in [1.29, 1.82) is 0 Å². The van der Waals surface area contributed by atoms with Crippen LogP contribution in [0.1, 0.15) is 30.4 Å². The van der Waals surface area contributed by atoms with Crippen molar-refractivity contribution in [3.8, 4) is 0 Å². The van der Waals surface area contributed by atoms with Gasteiger partial charge in [0, 0.05) is 36.5 Å². The van der Waals surface area contributed by atoms with Gasteiger partial charge >= 0.3 is 5.97 Å². The molecule has 8 N–H and O–H groups in total. The Kier molecular flexibility index (Phi) is 9.35. The number of likely N-dealkylation sites (tertiary alicyclic amines) is 1. The number of nitrogens with two attached hydrogens (primary N) is 2. The van der Waals surface area contributed by atoms with Crippen LogP contribution in [0.5, 0.6) is 0 Å². The second kappa shape index (κ2) is 13.1. The summed E-state index contributed by atoms with van der Waals surface area (Å²) in [6.07, 6.45) is 2.35. The van der Waals surface area contributed by atoms with Gasteiger partial charge in [0.1, 0.15) is 18.1 Å². The summed E-state index contributed by atoms with van der Waals surface area (Å²) in [5.41, 5.74) is 13.4. The smallest absolute Gasteiger partial charge is 0.326 e. The maximum Gasteiger partial charge on any atom is 0.326 e. The number of primary amides is 1. The van der Waals surface area contributed by atoms with Crippen molar-refractivity contribution in [2.24, 2.45) is 11.5 Å². The summed E-state index contributed by atoms with van der Waals surface area (Å²) in [5, 5.41) is 15.9. The number of fused-ring (bicyclic) bond motifs is 1. The summed E-state index contributed by atoms with van der Waals surface area (Å²) in [5.74, 6) is -3.80. The zero-order chi connectivity index (χ0) is 29.5. The van der Waals surface area contributed by atoms with E-state index in [1.807, 2.05) is 30.3 Å². The van der Waals surface area contributed by atoms with Gasteiger partial charge in [0.05, 0.1) is 12.5 Å². The first-order valence-corrected chi connectivity index (χ1v) is 13.4. The van der Waals surface area contributed by atoms with E-state index in [1.54, 1.807) is 30.5 Å². The number of H-pyrrole nitrogens is 1. The molecule has 2 heterocycles. The summed E-state index contributed by atoms with van der Waals surface area (Å²) < 4.78 is 0. The number of nitrogens with one attached hydrogen (secondary N) is 3. The Morgan fingerprint density at radius 1 is 0.951 bits per heavy atom. The predicted molar refractivity (Wildman–Crippen MR) is 150 cm³/mol. The molecule has 0 bridgehead atoms. The number of hydrogen-bond acceptors (Lipinski definition) is 6. The van der Waals surface area contributed by atoms with E-state index in [1.165, 1.54) is 4.90 Å². The minimum atomic E-state index is -1.27. The van der Waals surface area contributed by atoms with E-state index < -0.39 is 60.2 Å². The van der Waals surface area contributed by atoms with Gasteiger partial charge in [-0.2, -0.15) is 0 Å². The van der Waals surface area contributed by atoms with E-state index in [4.69, 9.17) is 11.5 Å². The molecule has 1 saturated heterocycles. The fraction of sp³-hybridized carbons (Fsp3) is 0.345. The highest BCUT2D eigenvalue weighted by atomic mass is 16.4. The molecule has 12 nitrogen and oxygen atoms in total. The monoisotopic (exact) mass is 562 g/mol. The van der Waals surface area contributed by atoms with Gasteiger partial charge < -0.3 is 37.1 Å². The summed E-state index contributed by atoms with van der Waals surface area (Å²) in [4.78, 5) is 67.8. The summed E-state index contributed by atoms with van der Waals surface area (Å²) >= 11 is 0. The number of amides is 4. The van der Waals surface area contributed by atoms with Crippen LogP contribution in [0.3, 0.4) is 0 Å². The third-order valence-corrected chi connectivity index (χ3v) is 7.21. The standard InChI is InChI=1S/C29H34N6O6/c30-20(15-25(31)36)26(37)33-22(14-18-16-32-21-10-5-4-9-19(18)21)27(38)34-23(13-17-7-2-1-3-8-17)28(39)35-12-6-11-24(35)29(40)41/h1-5,7-10,16,20,22-24,32H,6,11-15,30H2,(H2,31,36)(H,33,37)(H,34,38)(H,40,41). The van der Waals surface area contributed by atoms with E-state index in [0.717, 1.165) is 22.0 Å². The summed E-state index contributed by atoms with van der Waals surface area (Å²) in [6, 6.07) is 12.0. The molecule has 1 aliphatic heterocycles. The van der Waals surface area contributed by atoms with Gasteiger partial charge in [0.2, 0.25) is 23.6 Å². The third kappa shape index (κ3) is 7.28. The lowest BCUT2D eigenvalue weighted by atomic mass is 10.0. The maximum absolute atomic E-state index is 13.8. The number of nitrogens with zero attached hydrogens (tertiary/aromatic N) is 1. The van der Waals surface area contributed by atoms with Crippen molar-refractivity contribution in [2.45, 2.75) is 56.3 Å². The quantitative estimate of drug-likeness (QED) is 0.181. The average molecular weight is 563 g/mol. The Hall–Kier alpha value is -4.71. The lowest BCUT2D eigenvalue weighted by Gasteiger charge is -2.29. The van der Waals surface area contributed by atoms with Crippen LogP contribution in [0.15, 0.2) is 60.8 Å². The summed E-state index contributed by atoms with van der Waals surface area (Å²) in [6.45, 7) is 0.258. The highest BCUT2D eigenvalue weighted by Gasteiger charge is 2.38. The maximum atomic E-state index is 13.8. The third-order valence-electron chi connectivity index (χ3n) is 7.21. The second-order valence-corrected chi connectivity index (χ2v) is 10.2. The second-order valence-electron chi connectivity index (χ2n) is 10.2. The van der Waals surface area contributed by atoms with E-state index in [9.17, 15) is 29.1 Å². The molecular formula is C29H34N6O6. The molecule has 1 aliphatic rings. The van der Waals surface area contributed by atoms with Gasteiger partial charge in [0.15, 0.2) is 0 Å². The summed E-state index contributed by atoms with van der Waals surface area (Å²) in [7, 11) is 0. The number of benzene rings is 2. The molecule has 0 saturated carbocycles. The van der Waals surface area contributed by atoms with Crippen LogP contribution < -0.4 is 22.1 Å². The highest BCUT2D eigenvalue weighted by Crippen LogP contribution is 2.21. The van der Waals surface area contributed by atoms with Gasteiger partial charge in [0.25, 0.3) is 0 Å². The number of rotatable bonds is 12. The normalized spacial score (nSPS) is 17.0. The molecule has 0 aliphatic carbocycles. The van der Waals surface area contributed by atoms with Crippen molar-refractivity contribution in [1.82, 2.24) is 20.5 Å². The molecule has 4 unspecified atom stereocenters. The molecule has 2 aromatic carbocycles. The number of carbonyl (C=O) groups excluding carboxylic acids is 4. The Balaban J connectivity index is 1.61. The van der Waals surface area contributed by atoms with Crippen molar-refractivity contribution in [3.63, 3.8) is 0 Å². The van der Waals surface area contributed by atoms with Crippen molar-refractivity contribution in [2.75, 3.05) is 6.54 Å². The van der Waals surface area contributed by atoms with E-state index in [2.05, 4.69) is 15.6 Å². The number of aromatic nitrogens is 1. The Bertz CT molecular complexity index is 1420. The number of carbonyl (C=O) groups is 5. The van der Waals surface area contributed by atoms with Crippen LogP contribution in [0, 0.1) is 0 Å². The van der Waals surface area contributed by atoms with Gasteiger partial charge in [-0.25, -0.2) is 4.79 Å². The molecule has 4 amide bonds. The van der Waals surface area contributed by atoms with E-state index in [0.29, 0.717) is 12.8 Å². The van der Waals surface area contributed by atoms with Crippen LogP contribution in [0.4, 0.5) is 0 Å². The molecule has 216 valence electrons. The molecule has 12 heteroatoms. The van der Waals surface area contributed by atoms with Gasteiger partial charge in [-0.3, -0.25) is 19.2 Å². The predicted octanol–water partition coefficient (Wildman–Crippen LogP) is 0.201. The number of para-hydroxylation sites is 1. The van der Waals surface area contributed by atoms with Crippen LogP contribution >= 0.6 is 0 Å².